The average molecular weight is 227 g/mol. The molecule has 1 aromatic heterocycles. The van der Waals surface area contributed by atoms with Crippen LogP contribution in [0.4, 0.5) is 0 Å². The van der Waals surface area contributed by atoms with E-state index < -0.39 is 0 Å². The van der Waals surface area contributed by atoms with E-state index in [9.17, 15) is 4.79 Å². The van der Waals surface area contributed by atoms with Crippen LogP contribution in [0.15, 0.2) is 30.3 Å². The van der Waals surface area contributed by atoms with Crippen molar-refractivity contribution in [1.29, 1.82) is 0 Å². The van der Waals surface area contributed by atoms with E-state index in [4.69, 9.17) is 0 Å². The molecule has 0 bridgehead atoms. The van der Waals surface area contributed by atoms with Gasteiger partial charge in [0, 0.05) is 12.5 Å². The molecular formula is C13H13N3O. The van der Waals surface area contributed by atoms with Gasteiger partial charge >= 0.3 is 0 Å². The van der Waals surface area contributed by atoms with E-state index in [2.05, 4.69) is 10.1 Å². The fraction of sp³-hybridized carbons (Fsp3) is 0.308. The first-order valence-corrected chi connectivity index (χ1v) is 5.78. The SMILES string of the molecule is CC(=O)c1nc(-c2ccccc2)n(C2CC2)n1. The number of carbonyl (C=O) groups excluding carboxylic acids is 1. The van der Waals surface area contributed by atoms with Gasteiger partial charge in [0.25, 0.3) is 0 Å². The molecule has 2 aromatic rings. The third kappa shape index (κ3) is 1.86. The molecule has 86 valence electrons. The van der Waals surface area contributed by atoms with Crippen LogP contribution in [0.2, 0.25) is 0 Å². The molecule has 4 nitrogen and oxygen atoms in total. The van der Waals surface area contributed by atoms with Gasteiger partial charge in [-0.05, 0) is 12.8 Å². The first-order chi connectivity index (χ1) is 8.25. The van der Waals surface area contributed by atoms with Gasteiger partial charge in [0.05, 0.1) is 6.04 Å². The molecule has 0 aliphatic heterocycles. The standard InChI is InChI=1S/C13H13N3O/c1-9(17)12-14-13(10-5-3-2-4-6-10)16(15-12)11-7-8-11/h2-6,11H,7-8H2,1H3. The number of ketones is 1. The minimum Gasteiger partial charge on any atom is -0.291 e. The molecule has 1 aliphatic carbocycles. The van der Waals surface area contributed by atoms with E-state index in [1.165, 1.54) is 6.92 Å². The second kappa shape index (κ2) is 3.80. The Morgan fingerprint density at radius 3 is 2.59 bits per heavy atom. The van der Waals surface area contributed by atoms with Gasteiger partial charge in [-0.25, -0.2) is 9.67 Å². The van der Waals surface area contributed by atoms with Crippen LogP contribution in [-0.4, -0.2) is 20.5 Å². The highest BCUT2D eigenvalue weighted by Crippen LogP contribution is 2.37. The molecule has 1 saturated carbocycles. The lowest BCUT2D eigenvalue weighted by atomic mass is 10.2. The number of aromatic nitrogens is 3. The van der Waals surface area contributed by atoms with Crippen LogP contribution in [0.25, 0.3) is 11.4 Å². The third-order valence-electron chi connectivity index (χ3n) is 2.87. The number of rotatable bonds is 3. The molecule has 0 unspecified atom stereocenters. The lowest BCUT2D eigenvalue weighted by Gasteiger charge is -2.02. The molecule has 3 rings (SSSR count). The van der Waals surface area contributed by atoms with E-state index in [0.717, 1.165) is 24.2 Å². The molecule has 0 saturated heterocycles. The molecule has 1 fully saturated rings. The van der Waals surface area contributed by atoms with E-state index >= 15 is 0 Å². The quantitative estimate of drug-likeness (QED) is 0.757. The molecule has 4 heteroatoms. The Labute approximate surface area is 99.3 Å². The average Bonchev–Trinajstić information content (AvgIpc) is 3.09. The Hall–Kier alpha value is -1.97. The van der Waals surface area contributed by atoms with Crippen LogP contribution in [0.3, 0.4) is 0 Å². The van der Waals surface area contributed by atoms with Crippen molar-refractivity contribution in [2.45, 2.75) is 25.8 Å². The maximum Gasteiger partial charge on any atom is 0.217 e. The van der Waals surface area contributed by atoms with Crippen molar-refractivity contribution in [3.8, 4) is 11.4 Å². The Morgan fingerprint density at radius 2 is 2.00 bits per heavy atom. The molecule has 0 N–H and O–H groups in total. The van der Waals surface area contributed by atoms with Crippen LogP contribution < -0.4 is 0 Å². The van der Waals surface area contributed by atoms with Crippen molar-refractivity contribution in [2.75, 3.05) is 0 Å². The van der Waals surface area contributed by atoms with E-state index in [0.29, 0.717) is 11.9 Å². The summed E-state index contributed by atoms with van der Waals surface area (Å²) in [5, 5.41) is 4.30. The second-order valence-electron chi connectivity index (χ2n) is 4.36. The van der Waals surface area contributed by atoms with Crippen LogP contribution in [-0.2, 0) is 0 Å². The molecule has 1 aliphatic rings. The lowest BCUT2D eigenvalue weighted by molar-refractivity contribution is 0.100. The summed E-state index contributed by atoms with van der Waals surface area (Å²) in [6, 6.07) is 10.3. The van der Waals surface area contributed by atoms with Crippen LogP contribution >= 0.6 is 0 Å². The third-order valence-corrected chi connectivity index (χ3v) is 2.87. The fourth-order valence-corrected chi connectivity index (χ4v) is 1.83. The zero-order chi connectivity index (χ0) is 11.8. The molecule has 0 spiro atoms. The monoisotopic (exact) mass is 227 g/mol. The Bertz CT molecular complexity index is 555. The van der Waals surface area contributed by atoms with E-state index in [1.54, 1.807) is 0 Å². The highest BCUT2D eigenvalue weighted by atomic mass is 16.1. The molecule has 0 amide bonds. The lowest BCUT2D eigenvalue weighted by Crippen LogP contribution is -2.01. The Morgan fingerprint density at radius 1 is 1.29 bits per heavy atom. The minimum atomic E-state index is -0.0819. The zero-order valence-corrected chi connectivity index (χ0v) is 9.63. The summed E-state index contributed by atoms with van der Waals surface area (Å²) in [6.07, 6.45) is 2.25. The van der Waals surface area contributed by atoms with Crippen molar-refractivity contribution >= 4 is 5.78 Å². The normalized spacial score (nSPS) is 14.9. The predicted molar refractivity (Wildman–Crippen MR) is 63.7 cm³/mol. The number of benzene rings is 1. The van der Waals surface area contributed by atoms with Gasteiger partial charge in [0.15, 0.2) is 11.6 Å². The van der Waals surface area contributed by atoms with E-state index in [1.807, 2.05) is 35.0 Å². The van der Waals surface area contributed by atoms with Gasteiger partial charge in [-0.2, -0.15) is 0 Å². The summed E-state index contributed by atoms with van der Waals surface area (Å²) in [7, 11) is 0. The summed E-state index contributed by atoms with van der Waals surface area (Å²) in [5.41, 5.74) is 1.01. The molecule has 17 heavy (non-hydrogen) atoms. The van der Waals surface area contributed by atoms with E-state index in [-0.39, 0.29) is 5.78 Å². The van der Waals surface area contributed by atoms with Crippen LogP contribution in [0, 0.1) is 0 Å². The topological polar surface area (TPSA) is 47.8 Å². The van der Waals surface area contributed by atoms with Crippen molar-refractivity contribution < 1.29 is 4.79 Å². The summed E-state index contributed by atoms with van der Waals surface area (Å²) < 4.78 is 1.89. The molecule has 1 heterocycles. The maximum absolute atomic E-state index is 11.3. The second-order valence-corrected chi connectivity index (χ2v) is 4.36. The molecule has 1 aromatic carbocycles. The molecule has 0 radical (unpaired) electrons. The number of nitrogens with zero attached hydrogens (tertiary/aromatic N) is 3. The zero-order valence-electron chi connectivity index (χ0n) is 9.63. The number of carbonyl (C=O) groups is 1. The number of Topliss-reactive ketones (excluding diaryl/α,β-unsaturated/α-hetero) is 1. The number of hydrogen-bond acceptors (Lipinski definition) is 3. The van der Waals surface area contributed by atoms with Gasteiger partial charge in [0.2, 0.25) is 5.82 Å². The first kappa shape index (κ1) is 10.2. The Balaban J connectivity index is 2.11. The summed E-state index contributed by atoms with van der Waals surface area (Å²) in [4.78, 5) is 15.7. The van der Waals surface area contributed by atoms with Crippen LogP contribution in [0.5, 0.6) is 0 Å². The smallest absolute Gasteiger partial charge is 0.217 e. The van der Waals surface area contributed by atoms with Crippen molar-refractivity contribution in [2.24, 2.45) is 0 Å². The summed E-state index contributed by atoms with van der Waals surface area (Å²) in [5.74, 6) is 1.04. The van der Waals surface area contributed by atoms with Gasteiger partial charge in [0.1, 0.15) is 0 Å². The van der Waals surface area contributed by atoms with Crippen molar-refractivity contribution in [3.05, 3.63) is 36.2 Å². The van der Waals surface area contributed by atoms with Gasteiger partial charge in [-0.1, -0.05) is 30.3 Å². The highest BCUT2D eigenvalue weighted by molar-refractivity contribution is 5.90. The summed E-state index contributed by atoms with van der Waals surface area (Å²) in [6.45, 7) is 1.50. The molecule has 0 atom stereocenters. The molecular weight excluding hydrogens is 214 g/mol. The minimum absolute atomic E-state index is 0.0819. The predicted octanol–water partition coefficient (Wildman–Crippen LogP) is 2.48. The van der Waals surface area contributed by atoms with Gasteiger partial charge < -0.3 is 0 Å². The largest absolute Gasteiger partial charge is 0.291 e. The fourth-order valence-electron chi connectivity index (χ4n) is 1.83. The first-order valence-electron chi connectivity index (χ1n) is 5.78. The highest BCUT2D eigenvalue weighted by Gasteiger charge is 2.29. The maximum atomic E-state index is 11.3. The summed E-state index contributed by atoms with van der Waals surface area (Å²) >= 11 is 0. The number of hydrogen-bond donors (Lipinski definition) is 0. The Kier molecular flexibility index (Phi) is 2.28. The van der Waals surface area contributed by atoms with Gasteiger partial charge in [-0.15, -0.1) is 5.10 Å². The van der Waals surface area contributed by atoms with Gasteiger partial charge in [-0.3, -0.25) is 4.79 Å². The van der Waals surface area contributed by atoms with Crippen LogP contribution in [0.1, 0.15) is 36.4 Å². The van der Waals surface area contributed by atoms with Crippen molar-refractivity contribution in [1.82, 2.24) is 14.8 Å². The van der Waals surface area contributed by atoms with Crippen molar-refractivity contribution in [3.63, 3.8) is 0 Å².